The first kappa shape index (κ1) is 22.9. The second kappa shape index (κ2) is 8.70. The van der Waals surface area contributed by atoms with Crippen molar-refractivity contribution in [2.45, 2.75) is 48.3 Å². The van der Waals surface area contributed by atoms with Gasteiger partial charge in [-0.25, -0.2) is 21.2 Å². The van der Waals surface area contributed by atoms with Gasteiger partial charge >= 0.3 is 0 Å². The van der Waals surface area contributed by atoms with Crippen molar-refractivity contribution < 1.29 is 21.2 Å². The lowest BCUT2D eigenvalue weighted by atomic mass is 9.92. The molecule has 0 saturated carbocycles. The molecule has 0 radical (unpaired) electrons. The highest BCUT2D eigenvalue weighted by Gasteiger charge is 2.29. The summed E-state index contributed by atoms with van der Waals surface area (Å²) in [4.78, 5) is 0.241. The summed E-state index contributed by atoms with van der Waals surface area (Å²) in [5.41, 5.74) is 3.93. The molecule has 34 heavy (non-hydrogen) atoms. The zero-order valence-corrected chi connectivity index (χ0v) is 20.1. The quantitative estimate of drug-likeness (QED) is 0.553. The molecule has 2 aliphatic rings. The fraction of sp³-hybridized carbons (Fsp3) is 0.280. The van der Waals surface area contributed by atoms with Crippen LogP contribution < -0.4 is 9.03 Å². The number of anilines is 2. The average molecular weight is 501 g/mol. The summed E-state index contributed by atoms with van der Waals surface area (Å²) in [6.45, 7) is 0.299. The largest absolute Gasteiger partial charge is 0.280 e. The summed E-state index contributed by atoms with van der Waals surface area (Å²) in [7, 11) is -7.64. The minimum Gasteiger partial charge on any atom is -0.280 e. The molecule has 0 fully saturated rings. The number of halogens is 1. The molecule has 0 aromatic heterocycles. The molecule has 1 heterocycles. The van der Waals surface area contributed by atoms with Crippen LogP contribution in [0, 0.1) is 5.82 Å². The smallest absolute Gasteiger partial charge is 0.264 e. The van der Waals surface area contributed by atoms with Crippen molar-refractivity contribution in [3.8, 4) is 0 Å². The van der Waals surface area contributed by atoms with Crippen LogP contribution in [0.5, 0.6) is 0 Å². The van der Waals surface area contributed by atoms with E-state index in [1.54, 1.807) is 30.3 Å². The molecule has 0 atom stereocenters. The molecular formula is C25H25FN2O4S2. The van der Waals surface area contributed by atoms with E-state index < -0.39 is 25.9 Å². The van der Waals surface area contributed by atoms with E-state index >= 15 is 0 Å². The Morgan fingerprint density at radius 3 is 2.15 bits per heavy atom. The number of nitrogens with one attached hydrogen (secondary N) is 1. The third-order valence-electron chi connectivity index (χ3n) is 6.44. The van der Waals surface area contributed by atoms with Crippen LogP contribution in [0.2, 0.25) is 0 Å². The molecule has 9 heteroatoms. The fourth-order valence-corrected chi connectivity index (χ4v) is 7.34. The number of aryl methyl sites for hydroxylation is 3. The first-order chi connectivity index (χ1) is 16.2. The number of rotatable bonds is 5. The van der Waals surface area contributed by atoms with E-state index in [-0.39, 0.29) is 9.79 Å². The number of hydrogen-bond acceptors (Lipinski definition) is 4. The van der Waals surface area contributed by atoms with Crippen LogP contribution >= 0.6 is 0 Å². The Kier molecular flexibility index (Phi) is 5.85. The SMILES string of the molecule is O=S(=O)(Nc1ccc2c(c1)CCCN2S(=O)(=O)c1ccc(F)cc1)c1ccc2c(c1)CCCC2. The van der Waals surface area contributed by atoms with Gasteiger partial charge in [0.15, 0.2) is 0 Å². The van der Waals surface area contributed by atoms with Crippen LogP contribution in [0.15, 0.2) is 70.5 Å². The lowest BCUT2D eigenvalue weighted by Gasteiger charge is -2.31. The van der Waals surface area contributed by atoms with Gasteiger partial charge in [-0.3, -0.25) is 9.03 Å². The van der Waals surface area contributed by atoms with Crippen LogP contribution in [0.1, 0.15) is 36.0 Å². The maximum absolute atomic E-state index is 13.3. The van der Waals surface area contributed by atoms with Crippen molar-refractivity contribution in [3.05, 3.63) is 83.2 Å². The van der Waals surface area contributed by atoms with E-state index in [0.29, 0.717) is 30.8 Å². The highest BCUT2D eigenvalue weighted by Crippen LogP contribution is 2.34. The van der Waals surface area contributed by atoms with Crippen molar-refractivity contribution >= 4 is 31.4 Å². The molecule has 1 aliphatic heterocycles. The van der Waals surface area contributed by atoms with Gasteiger partial charge in [-0.2, -0.15) is 0 Å². The van der Waals surface area contributed by atoms with Gasteiger partial charge < -0.3 is 0 Å². The van der Waals surface area contributed by atoms with Crippen LogP contribution in [-0.2, 0) is 39.3 Å². The Bertz CT molecular complexity index is 1450. The molecule has 0 spiro atoms. The predicted molar refractivity (Wildman–Crippen MR) is 130 cm³/mol. The van der Waals surface area contributed by atoms with Gasteiger partial charge in [-0.05, 0) is 110 Å². The standard InChI is InChI=1S/C25H25FN2O4S2/c26-21-8-12-23(13-9-21)34(31,32)28-15-3-6-20-16-22(10-14-25(20)28)27-33(29,30)24-11-7-18-4-1-2-5-19(18)17-24/h7-14,16-17,27H,1-6,15H2. The summed E-state index contributed by atoms with van der Waals surface area (Å²) in [5.74, 6) is -0.506. The molecule has 0 amide bonds. The molecule has 3 aromatic rings. The lowest BCUT2D eigenvalue weighted by Crippen LogP contribution is -2.35. The molecule has 1 aliphatic carbocycles. The van der Waals surface area contributed by atoms with Crippen LogP contribution in [0.25, 0.3) is 0 Å². The number of hydrogen-bond donors (Lipinski definition) is 1. The molecule has 5 rings (SSSR count). The topological polar surface area (TPSA) is 83.6 Å². The Labute approximate surface area is 199 Å². The normalized spacial score (nSPS) is 16.0. The Balaban J connectivity index is 1.42. The maximum Gasteiger partial charge on any atom is 0.264 e. The predicted octanol–water partition coefficient (Wildman–Crippen LogP) is 4.65. The molecular weight excluding hydrogens is 475 g/mol. The zero-order chi connectivity index (χ0) is 23.9. The van der Waals surface area contributed by atoms with Gasteiger partial charge in [-0.1, -0.05) is 6.07 Å². The van der Waals surface area contributed by atoms with Gasteiger partial charge in [0, 0.05) is 12.2 Å². The number of fused-ring (bicyclic) bond motifs is 2. The van der Waals surface area contributed by atoms with E-state index in [1.807, 2.05) is 6.07 Å². The second-order valence-electron chi connectivity index (χ2n) is 8.72. The maximum atomic E-state index is 13.3. The van der Waals surface area contributed by atoms with E-state index in [9.17, 15) is 21.2 Å². The number of nitrogens with zero attached hydrogens (tertiary/aromatic N) is 1. The fourth-order valence-electron chi connectivity index (χ4n) is 4.70. The van der Waals surface area contributed by atoms with Crippen molar-refractivity contribution in [1.82, 2.24) is 0 Å². The number of sulfonamides is 2. The van der Waals surface area contributed by atoms with Gasteiger partial charge in [0.1, 0.15) is 5.82 Å². The minimum absolute atomic E-state index is 0.0129. The third-order valence-corrected chi connectivity index (χ3v) is 9.65. The monoisotopic (exact) mass is 500 g/mol. The summed E-state index contributed by atoms with van der Waals surface area (Å²) in [5, 5.41) is 0. The highest BCUT2D eigenvalue weighted by molar-refractivity contribution is 7.93. The van der Waals surface area contributed by atoms with E-state index in [1.165, 1.54) is 22.0 Å². The Morgan fingerprint density at radius 2 is 1.38 bits per heavy atom. The van der Waals surface area contributed by atoms with Crippen LogP contribution in [-0.4, -0.2) is 23.4 Å². The molecule has 0 bridgehead atoms. The zero-order valence-electron chi connectivity index (χ0n) is 18.5. The summed E-state index contributed by atoms with van der Waals surface area (Å²) >= 11 is 0. The summed E-state index contributed by atoms with van der Waals surface area (Å²) in [6.07, 6.45) is 5.27. The highest BCUT2D eigenvalue weighted by atomic mass is 32.2. The van der Waals surface area contributed by atoms with Crippen molar-refractivity contribution in [2.24, 2.45) is 0 Å². The minimum atomic E-state index is -3.86. The van der Waals surface area contributed by atoms with Gasteiger partial charge in [0.2, 0.25) is 0 Å². The molecule has 1 N–H and O–H groups in total. The van der Waals surface area contributed by atoms with Crippen molar-refractivity contribution in [3.63, 3.8) is 0 Å². The van der Waals surface area contributed by atoms with Crippen LogP contribution in [0.3, 0.4) is 0 Å². The van der Waals surface area contributed by atoms with E-state index in [4.69, 9.17) is 0 Å². The molecule has 3 aromatic carbocycles. The Hall–Kier alpha value is -2.91. The average Bonchev–Trinajstić information content (AvgIpc) is 2.83. The van der Waals surface area contributed by atoms with Gasteiger partial charge in [0.25, 0.3) is 20.0 Å². The number of benzene rings is 3. The van der Waals surface area contributed by atoms with Crippen LogP contribution in [0.4, 0.5) is 15.8 Å². The Morgan fingerprint density at radius 1 is 0.706 bits per heavy atom. The van der Waals surface area contributed by atoms with Crippen molar-refractivity contribution in [1.29, 1.82) is 0 Å². The van der Waals surface area contributed by atoms with E-state index in [0.717, 1.165) is 48.9 Å². The first-order valence-corrected chi connectivity index (χ1v) is 14.2. The van der Waals surface area contributed by atoms with Gasteiger partial charge in [-0.15, -0.1) is 0 Å². The molecule has 0 saturated heterocycles. The summed E-state index contributed by atoms with van der Waals surface area (Å²) in [6, 6.07) is 14.9. The van der Waals surface area contributed by atoms with Gasteiger partial charge in [0.05, 0.1) is 15.5 Å². The first-order valence-electron chi connectivity index (χ1n) is 11.3. The summed E-state index contributed by atoms with van der Waals surface area (Å²) < 4.78 is 69.7. The van der Waals surface area contributed by atoms with Crippen molar-refractivity contribution in [2.75, 3.05) is 15.6 Å². The molecule has 0 unspecified atom stereocenters. The lowest BCUT2D eigenvalue weighted by molar-refractivity contribution is 0.585. The second-order valence-corrected chi connectivity index (χ2v) is 12.3. The van der Waals surface area contributed by atoms with E-state index in [2.05, 4.69) is 4.72 Å². The molecule has 6 nitrogen and oxygen atoms in total. The molecule has 178 valence electrons. The third kappa shape index (κ3) is 4.30.